The third kappa shape index (κ3) is 6.41. The van der Waals surface area contributed by atoms with E-state index in [9.17, 15) is 0 Å². The maximum absolute atomic E-state index is 6.15. The number of aromatic nitrogens is 6. The molecule has 8 rings (SSSR count). The minimum atomic E-state index is 0.486. The predicted octanol–water partition coefficient (Wildman–Crippen LogP) is 8.16. The van der Waals surface area contributed by atoms with E-state index in [1.807, 2.05) is 67.6 Å². The van der Waals surface area contributed by atoms with Crippen molar-refractivity contribution in [2.75, 3.05) is 18.5 Å². The number of aryl methyl sites for hydroxylation is 2. The molecule has 0 aliphatic carbocycles. The second-order valence-corrected chi connectivity index (χ2v) is 13.0. The molecular weight excluding hydrogens is 626 g/mol. The number of anilines is 1. The molecule has 0 saturated heterocycles. The summed E-state index contributed by atoms with van der Waals surface area (Å²) in [4.78, 5) is 31.1. The van der Waals surface area contributed by atoms with Crippen LogP contribution < -0.4 is 14.8 Å². The predicted molar refractivity (Wildman–Crippen MR) is 181 cm³/mol. The van der Waals surface area contributed by atoms with Crippen molar-refractivity contribution in [2.24, 2.45) is 0 Å². The van der Waals surface area contributed by atoms with E-state index in [1.165, 1.54) is 9.75 Å². The molecule has 7 heterocycles. The van der Waals surface area contributed by atoms with Gasteiger partial charge in [0.15, 0.2) is 23.1 Å². The van der Waals surface area contributed by atoms with Crippen LogP contribution in [-0.2, 0) is 6.54 Å². The summed E-state index contributed by atoms with van der Waals surface area (Å²) in [7, 11) is 0. The molecule has 9 nitrogen and oxygen atoms in total. The molecule has 0 spiro atoms. The average molecular weight is 652 g/mol. The number of rotatable bonds is 5. The summed E-state index contributed by atoms with van der Waals surface area (Å²) in [5.74, 6) is 3.60. The molecule has 1 aliphatic rings. The molecule has 1 aromatic carbocycles. The Morgan fingerprint density at radius 1 is 0.711 bits per heavy atom. The van der Waals surface area contributed by atoms with Gasteiger partial charge in [-0.15, -0.1) is 22.7 Å². The SMILES string of the molecule is Cc1cc2c(Cl)nc(-c3ccccn3)nc2s1.Cc1cc2c(NCc3ccc4c(c3)OCCO4)nc(-c3ccccn3)nc2s1. The molecule has 0 unspecified atom stereocenters. The van der Waals surface area contributed by atoms with E-state index >= 15 is 0 Å². The molecule has 0 saturated carbocycles. The summed E-state index contributed by atoms with van der Waals surface area (Å²) in [6.45, 7) is 5.91. The van der Waals surface area contributed by atoms with Crippen LogP contribution >= 0.6 is 34.3 Å². The topological polar surface area (TPSA) is 108 Å². The van der Waals surface area contributed by atoms with Crippen molar-refractivity contribution in [2.45, 2.75) is 20.4 Å². The molecule has 0 radical (unpaired) electrons. The van der Waals surface area contributed by atoms with Crippen LogP contribution in [-0.4, -0.2) is 43.1 Å². The van der Waals surface area contributed by atoms with Crippen LogP contribution in [0.5, 0.6) is 11.5 Å². The summed E-state index contributed by atoms with van der Waals surface area (Å²) >= 11 is 9.42. The van der Waals surface area contributed by atoms with E-state index in [-0.39, 0.29) is 0 Å². The number of hydrogen-bond donors (Lipinski definition) is 1. The Labute approximate surface area is 272 Å². The quantitative estimate of drug-likeness (QED) is 0.184. The van der Waals surface area contributed by atoms with Crippen LogP contribution in [0, 0.1) is 13.8 Å². The lowest BCUT2D eigenvalue weighted by molar-refractivity contribution is 0.171. The second kappa shape index (κ2) is 12.7. The molecule has 1 aliphatic heterocycles. The Balaban J connectivity index is 0.000000163. The first kappa shape index (κ1) is 29.0. The fraction of sp³-hybridized carbons (Fsp3) is 0.152. The highest BCUT2D eigenvalue weighted by molar-refractivity contribution is 7.19. The summed E-state index contributed by atoms with van der Waals surface area (Å²) in [6, 6.07) is 21.5. The largest absolute Gasteiger partial charge is 0.486 e. The Bertz CT molecular complexity index is 2120. The van der Waals surface area contributed by atoms with Crippen molar-refractivity contribution in [3.05, 3.63) is 99.6 Å². The molecule has 12 heteroatoms. The molecule has 0 bridgehead atoms. The van der Waals surface area contributed by atoms with Gasteiger partial charge in [0.25, 0.3) is 0 Å². The number of hydrogen-bond acceptors (Lipinski definition) is 11. The zero-order chi connectivity index (χ0) is 30.8. The first-order valence-corrected chi connectivity index (χ1v) is 16.2. The molecule has 6 aromatic heterocycles. The smallest absolute Gasteiger partial charge is 0.181 e. The highest BCUT2D eigenvalue weighted by Crippen LogP contribution is 2.33. The third-order valence-electron chi connectivity index (χ3n) is 6.84. The lowest BCUT2D eigenvalue weighted by Crippen LogP contribution is -2.15. The van der Waals surface area contributed by atoms with Crippen LogP contribution in [0.2, 0.25) is 5.15 Å². The van der Waals surface area contributed by atoms with E-state index in [1.54, 1.807) is 35.1 Å². The number of halogens is 1. The van der Waals surface area contributed by atoms with Gasteiger partial charge in [-0.05, 0) is 67.9 Å². The fourth-order valence-corrected chi connectivity index (χ4v) is 6.83. The highest BCUT2D eigenvalue weighted by Gasteiger charge is 2.15. The van der Waals surface area contributed by atoms with Gasteiger partial charge in [-0.3, -0.25) is 9.97 Å². The molecule has 0 atom stereocenters. The van der Waals surface area contributed by atoms with Crippen molar-refractivity contribution in [3.63, 3.8) is 0 Å². The Morgan fingerprint density at radius 2 is 1.33 bits per heavy atom. The van der Waals surface area contributed by atoms with Gasteiger partial charge in [-0.2, -0.15) is 0 Å². The highest BCUT2D eigenvalue weighted by atomic mass is 35.5. The van der Waals surface area contributed by atoms with Crippen molar-refractivity contribution >= 4 is 60.5 Å². The van der Waals surface area contributed by atoms with Gasteiger partial charge < -0.3 is 14.8 Å². The van der Waals surface area contributed by atoms with Crippen LogP contribution in [0.25, 0.3) is 43.5 Å². The molecule has 0 fully saturated rings. The van der Waals surface area contributed by atoms with Gasteiger partial charge in [0.05, 0.1) is 5.39 Å². The monoisotopic (exact) mass is 651 g/mol. The lowest BCUT2D eigenvalue weighted by Gasteiger charge is -2.19. The van der Waals surface area contributed by atoms with Gasteiger partial charge in [0.2, 0.25) is 0 Å². The minimum absolute atomic E-state index is 0.486. The molecule has 1 N–H and O–H groups in total. The van der Waals surface area contributed by atoms with Crippen molar-refractivity contribution in [3.8, 4) is 34.5 Å². The van der Waals surface area contributed by atoms with Gasteiger partial charge in [0.1, 0.15) is 45.2 Å². The van der Waals surface area contributed by atoms with E-state index in [0.29, 0.717) is 36.6 Å². The zero-order valence-corrected chi connectivity index (χ0v) is 26.7. The van der Waals surface area contributed by atoms with Gasteiger partial charge in [-0.1, -0.05) is 29.8 Å². The maximum atomic E-state index is 6.15. The number of ether oxygens (including phenoxy) is 2. The Hall–Kier alpha value is -4.71. The molecule has 224 valence electrons. The van der Waals surface area contributed by atoms with Crippen molar-refractivity contribution < 1.29 is 9.47 Å². The van der Waals surface area contributed by atoms with E-state index < -0.39 is 0 Å². The van der Waals surface area contributed by atoms with Gasteiger partial charge >= 0.3 is 0 Å². The number of fused-ring (bicyclic) bond motifs is 3. The first-order chi connectivity index (χ1) is 22.0. The van der Waals surface area contributed by atoms with Gasteiger partial charge in [0, 0.05) is 34.1 Å². The summed E-state index contributed by atoms with van der Waals surface area (Å²) in [6.07, 6.45) is 3.47. The summed E-state index contributed by atoms with van der Waals surface area (Å²) in [5, 5.41) is 5.89. The molecular formula is C33H26ClN7O2S2. The number of thiophene rings is 2. The Kier molecular flexibility index (Phi) is 8.21. The number of nitrogens with one attached hydrogen (secondary N) is 1. The maximum Gasteiger partial charge on any atom is 0.181 e. The van der Waals surface area contributed by atoms with Crippen LogP contribution in [0.15, 0.2) is 79.1 Å². The standard InChI is InChI=1S/C21H18N4O2S.C12H8ClN3S/c1-13-10-15-19(23-12-14-5-6-17-18(11-14)27-9-8-26-17)24-20(25-21(15)28-13)16-4-2-3-7-22-16;1-7-6-8-10(13)15-11(16-12(8)17-7)9-4-2-3-5-14-9/h2-7,10-11H,8-9,12H2,1H3,(H,23,24,25);2-6H,1H3. The van der Waals surface area contributed by atoms with Crippen LogP contribution in [0.3, 0.4) is 0 Å². The minimum Gasteiger partial charge on any atom is -0.486 e. The molecule has 45 heavy (non-hydrogen) atoms. The third-order valence-corrected chi connectivity index (χ3v) is 9.02. The molecule has 7 aromatic rings. The first-order valence-electron chi connectivity index (χ1n) is 14.2. The average Bonchev–Trinajstić information content (AvgIpc) is 3.65. The number of pyridine rings is 2. The lowest BCUT2D eigenvalue weighted by atomic mass is 10.2. The Morgan fingerprint density at radius 3 is 2.00 bits per heavy atom. The van der Waals surface area contributed by atoms with Crippen LogP contribution in [0.4, 0.5) is 5.82 Å². The van der Waals surface area contributed by atoms with Crippen molar-refractivity contribution in [1.82, 2.24) is 29.9 Å². The van der Waals surface area contributed by atoms with E-state index in [4.69, 9.17) is 31.0 Å². The molecule has 0 amide bonds. The summed E-state index contributed by atoms with van der Waals surface area (Å²) in [5.41, 5.74) is 2.60. The number of nitrogens with zero attached hydrogens (tertiary/aromatic N) is 6. The summed E-state index contributed by atoms with van der Waals surface area (Å²) < 4.78 is 11.3. The normalized spacial score (nSPS) is 12.2. The van der Waals surface area contributed by atoms with Crippen molar-refractivity contribution in [1.29, 1.82) is 0 Å². The van der Waals surface area contributed by atoms with E-state index in [0.717, 1.165) is 54.7 Å². The fourth-order valence-electron chi connectivity index (χ4n) is 4.79. The number of benzene rings is 1. The van der Waals surface area contributed by atoms with E-state index in [2.05, 4.69) is 38.2 Å². The second-order valence-electron chi connectivity index (χ2n) is 10.1. The van der Waals surface area contributed by atoms with Gasteiger partial charge in [-0.25, -0.2) is 19.9 Å². The zero-order valence-electron chi connectivity index (χ0n) is 24.3. The van der Waals surface area contributed by atoms with Crippen LogP contribution in [0.1, 0.15) is 15.3 Å².